The topological polar surface area (TPSA) is 63.1 Å². The maximum atomic E-state index is 12.2. The highest BCUT2D eigenvalue weighted by atomic mass is 32.1. The molecular formula is C15H17N5OS. The molecule has 0 saturated heterocycles. The molecule has 0 saturated carbocycles. The fourth-order valence-electron chi connectivity index (χ4n) is 2.32. The van der Waals surface area contributed by atoms with E-state index in [-0.39, 0.29) is 6.03 Å². The summed E-state index contributed by atoms with van der Waals surface area (Å²) in [5.74, 6) is 0. The van der Waals surface area contributed by atoms with Crippen LogP contribution in [-0.2, 0) is 13.6 Å². The van der Waals surface area contributed by atoms with Crippen LogP contribution in [0.25, 0.3) is 11.0 Å². The van der Waals surface area contributed by atoms with Gasteiger partial charge in [-0.25, -0.2) is 9.78 Å². The molecule has 0 spiro atoms. The number of rotatable bonds is 3. The number of nitrogens with zero attached hydrogens (tertiary/aromatic N) is 4. The molecule has 0 aliphatic carbocycles. The Hall–Kier alpha value is -2.41. The molecule has 3 aromatic rings. The zero-order valence-electron chi connectivity index (χ0n) is 12.7. The van der Waals surface area contributed by atoms with Gasteiger partial charge in [0.2, 0.25) is 0 Å². The Labute approximate surface area is 132 Å². The number of anilines is 1. The van der Waals surface area contributed by atoms with Gasteiger partial charge in [-0.2, -0.15) is 16.4 Å². The minimum absolute atomic E-state index is 0.158. The van der Waals surface area contributed by atoms with Gasteiger partial charge in [-0.15, -0.1) is 0 Å². The van der Waals surface area contributed by atoms with E-state index >= 15 is 0 Å². The molecule has 22 heavy (non-hydrogen) atoms. The summed E-state index contributed by atoms with van der Waals surface area (Å²) in [6, 6.07) is 3.76. The summed E-state index contributed by atoms with van der Waals surface area (Å²) in [6.45, 7) is 2.51. The molecular weight excluding hydrogens is 298 g/mol. The van der Waals surface area contributed by atoms with Gasteiger partial charge in [0.15, 0.2) is 5.65 Å². The lowest BCUT2D eigenvalue weighted by molar-refractivity contribution is 0.221. The largest absolute Gasteiger partial charge is 0.323 e. The van der Waals surface area contributed by atoms with Gasteiger partial charge < -0.3 is 10.2 Å². The normalized spacial score (nSPS) is 10.9. The first-order valence-electron chi connectivity index (χ1n) is 6.87. The molecule has 0 aromatic carbocycles. The van der Waals surface area contributed by atoms with Crippen molar-refractivity contribution in [2.75, 3.05) is 12.4 Å². The van der Waals surface area contributed by atoms with Crippen molar-refractivity contribution in [3.63, 3.8) is 0 Å². The SMILES string of the molecule is Cc1nn(C)c2ncc(NC(=O)N(C)Cc3ccsc3)cc12. The van der Waals surface area contributed by atoms with E-state index in [1.54, 1.807) is 34.2 Å². The van der Waals surface area contributed by atoms with Crippen molar-refractivity contribution in [1.29, 1.82) is 0 Å². The van der Waals surface area contributed by atoms with Crippen LogP contribution in [-0.4, -0.2) is 32.7 Å². The molecule has 0 aliphatic heterocycles. The number of hydrogen-bond donors (Lipinski definition) is 1. The third kappa shape index (κ3) is 2.80. The average molecular weight is 315 g/mol. The van der Waals surface area contributed by atoms with Crippen LogP contribution in [0.1, 0.15) is 11.3 Å². The molecule has 1 N–H and O–H groups in total. The second-order valence-corrected chi connectivity index (χ2v) is 6.00. The first-order chi connectivity index (χ1) is 10.5. The van der Waals surface area contributed by atoms with Crippen LogP contribution in [0.15, 0.2) is 29.1 Å². The fourth-order valence-corrected chi connectivity index (χ4v) is 2.98. The Kier molecular flexibility index (Phi) is 3.81. The highest BCUT2D eigenvalue weighted by Gasteiger charge is 2.12. The monoisotopic (exact) mass is 315 g/mol. The van der Waals surface area contributed by atoms with Crippen molar-refractivity contribution in [3.8, 4) is 0 Å². The zero-order chi connectivity index (χ0) is 15.7. The van der Waals surface area contributed by atoms with Crippen molar-refractivity contribution in [1.82, 2.24) is 19.7 Å². The Morgan fingerprint density at radius 1 is 1.50 bits per heavy atom. The molecule has 0 fully saturated rings. The highest BCUT2D eigenvalue weighted by molar-refractivity contribution is 7.07. The number of aryl methyl sites for hydroxylation is 2. The molecule has 0 atom stereocenters. The molecule has 0 bridgehead atoms. The predicted octanol–water partition coefficient (Wildman–Crippen LogP) is 3.00. The number of nitrogens with one attached hydrogen (secondary N) is 1. The summed E-state index contributed by atoms with van der Waals surface area (Å²) >= 11 is 1.62. The number of amides is 2. The summed E-state index contributed by atoms with van der Waals surface area (Å²) in [4.78, 5) is 18.2. The quantitative estimate of drug-likeness (QED) is 0.808. The fraction of sp³-hybridized carbons (Fsp3) is 0.267. The van der Waals surface area contributed by atoms with Gasteiger partial charge in [-0.3, -0.25) is 4.68 Å². The number of thiophene rings is 1. The third-order valence-corrected chi connectivity index (χ3v) is 4.19. The Bertz CT molecular complexity index is 809. The van der Waals surface area contributed by atoms with E-state index in [4.69, 9.17) is 0 Å². The predicted molar refractivity (Wildman–Crippen MR) is 88.1 cm³/mol. The number of carbonyl (C=O) groups excluding carboxylic acids is 1. The number of hydrogen-bond acceptors (Lipinski definition) is 4. The van der Waals surface area contributed by atoms with Crippen LogP contribution in [0.5, 0.6) is 0 Å². The van der Waals surface area contributed by atoms with Crippen molar-refractivity contribution >= 4 is 34.1 Å². The number of carbonyl (C=O) groups is 1. The molecule has 114 valence electrons. The minimum Gasteiger partial charge on any atom is -0.323 e. The minimum atomic E-state index is -0.158. The summed E-state index contributed by atoms with van der Waals surface area (Å²) in [5, 5.41) is 12.2. The lowest BCUT2D eigenvalue weighted by Crippen LogP contribution is -2.30. The maximum absolute atomic E-state index is 12.2. The average Bonchev–Trinajstić information content (AvgIpc) is 3.08. The van der Waals surface area contributed by atoms with E-state index in [1.807, 2.05) is 36.9 Å². The van der Waals surface area contributed by atoms with Crippen molar-refractivity contribution in [2.24, 2.45) is 7.05 Å². The number of urea groups is 1. The maximum Gasteiger partial charge on any atom is 0.321 e. The second kappa shape index (κ2) is 5.76. The zero-order valence-corrected chi connectivity index (χ0v) is 13.5. The first-order valence-corrected chi connectivity index (χ1v) is 7.81. The lowest BCUT2D eigenvalue weighted by Gasteiger charge is -2.17. The summed E-state index contributed by atoms with van der Waals surface area (Å²) < 4.78 is 1.74. The van der Waals surface area contributed by atoms with E-state index in [9.17, 15) is 4.79 Å². The first kappa shape index (κ1) is 14.5. The van der Waals surface area contributed by atoms with Gasteiger partial charge in [-0.1, -0.05) is 0 Å². The number of aromatic nitrogens is 3. The summed E-state index contributed by atoms with van der Waals surface area (Å²) in [5.41, 5.74) is 3.50. The molecule has 3 aromatic heterocycles. The molecule has 6 nitrogen and oxygen atoms in total. The van der Waals surface area contributed by atoms with Crippen LogP contribution < -0.4 is 5.32 Å². The standard InChI is InChI=1S/C15H17N5OS/c1-10-13-6-12(7-16-14(13)20(3)18-10)17-15(21)19(2)8-11-4-5-22-9-11/h4-7,9H,8H2,1-3H3,(H,17,21). The van der Waals surface area contributed by atoms with E-state index in [1.165, 1.54) is 0 Å². The summed E-state index contributed by atoms with van der Waals surface area (Å²) in [7, 11) is 3.63. The van der Waals surface area contributed by atoms with Gasteiger partial charge in [0, 0.05) is 26.0 Å². The number of fused-ring (bicyclic) bond motifs is 1. The molecule has 3 heterocycles. The van der Waals surface area contributed by atoms with Gasteiger partial charge in [0.05, 0.1) is 17.6 Å². The molecule has 0 aliphatic rings. The smallest absolute Gasteiger partial charge is 0.321 e. The van der Waals surface area contributed by atoms with Crippen molar-refractivity contribution < 1.29 is 4.79 Å². The molecule has 0 unspecified atom stereocenters. The van der Waals surface area contributed by atoms with Crippen LogP contribution in [0, 0.1) is 6.92 Å². The van der Waals surface area contributed by atoms with Gasteiger partial charge >= 0.3 is 6.03 Å². The molecule has 3 rings (SSSR count). The summed E-state index contributed by atoms with van der Waals surface area (Å²) in [6.07, 6.45) is 1.65. The van der Waals surface area contributed by atoms with Gasteiger partial charge in [0.1, 0.15) is 0 Å². The Balaban J connectivity index is 1.74. The van der Waals surface area contributed by atoms with Crippen LogP contribution in [0.2, 0.25) is 0 Å². The van der Waals surface area contributed by atoms with Crippen LogP contribution >= 0.6 is 11.3 Å². The van der Waals surface area contributed by atoms with Gasteiger partial charge in [0.25, 0.3) is 0 Å². The van der Waals surface area contributed by atoms with E-state index in [0.29, 0.717) is 12.2 Å². The second-order valence-electron chi connectivity index (χ2n) is 5.22. The molecule has 2 amide bonds. The molecule has 7 heteroatoms. The number of pyridine rings is 1. The highest BCUT2D eigenvalue weighted by Crippen LogP contribution is 2.19. The van der Waals surface area contributed by atoms with Crippen molar-refractivity contribution in [3.05, 3.63) is 40.3 Å². The van der Waals surface area contributed by atoms with Crippen LogP contribution in [0.4, 0.5) is 10.5 Å². The Morgan fingerprint density at radius 3 is 3.05 bits per heavy atom. The van der Waals surface area contributed by atoms with E-state index < -0.39 is 0 Å². The van der Waals surface area contributed by atoms with Crippen molar-refractivity contribution in [2.45, 2.75) is 13.5 Å². The van der Waals surface area contributed by atoms with Crippen LogP contribution in [0.3, 0.4) is 0 Å². The lowest BCUT2D eigenvalue weighted by atomic mass is 10.2. The van der Waals surface area contributed by atoms with Gasteiger partial charge in [-0.05, 0) is 35.4 Å². The molecule has 0 radical (unpaired) electrons. The van der Waals surface area contributed by atoms with E-state index in [0.717, 1.165) is 22.3 Å². The Morgan fingerprint density at radius 2 is 2.32 bits per heavy atom. The third-order valence-electron chi connectivity index (χ3n) is 3.46. The van der Waals surface area contributed by atoms with E-state index in [2.05, 4.69) is 15.4 Å².